The van der Waals surface area contributed by atoms with E-state index in [0.29, 0.717) is 35.9 Å². The van der Waals surface area contributed by atoms with Gasteiger partial charge in [0.05, 0.1) is 11.6 Å². The van der Waals surface area contributed by atoms with Gasteiger partial charge in [-0.15, -0.1) is 0 Å². The first-order valence-corrected chi connectivity index (χ1v) is 8.11. The normalized spacial score (nSPS) is 24.8. The number of hydrogen-bond donors (Lipinski definition) is 0. The van der Waals surface area contributed by atoms with Crippen LogP contribution in [0.3, 0.4) is 0 Å². The lowest BCUT2D eigenvalue weighted by atomic mass is 10.1. The van der Waals surface area contributed by atoms with Gasteiger partial charge in [-0.3, -0.25) is 9.69 Å². The molecule has 2 heterocycles. The van der Waals surface area contributed by atoms with Crippen LogP contribution in [0.1, 0.15) is 37.8 Å². The van der Waals surface area contributed by atoms with E-state index in [-0.39, 0.29) is 0 Å². The molecule has 0 unspecified atom stereocenters. The summed E-state index contributed by atoms with van der Waals surface area (Å²) in [6.07, 6.45) is 1.72. The van der Waals surface area contributed by atoms with Crippen LogP contribution in [0.4, 0.5) is 0 Å². The molecule has 0 radical (unpaired) electrons. The van der Waals surface area contributed by atoms with E-state index >= 15 is 0 Å². The molecule has 2 aliphatic rings. The first-order valence-electron chi connectivity index (χ1n) is 8.11. The lowest BCUT2D eigenvalue weighted by Gasteiger charge is -2.26. The lowest BCUT2D eigenvalue weighted by Crippen LogP contribution is -2.39. The average Bonchev–Trinajstić information content (AvgIpc) is 3.00. The molecule has 4 heteroatoms. The van der Waals surface area contributed by atoms with Crippen LogP contribution in [0.2, 0.25) is 0 Å². The highest BCUT2D eigenvalue weighted by Gasteiger charge is 2.46. The first-order chi connectivity index (χ1) is 10.6. The van der Waals surface area contributed by atoms with Crippen molar-refractivity contribution in [1.82, 2.24) is 9.80 Å². The second-order valence-corrected chi connectivity index (χ2v) is 6.85. The van der Waals surface area contributed by atoms with Gasteiger partial charge in [0.1, 0.15) is 0 Å². The third-order valence-corrected chi connectivity index (χ3v) is 4.73. The highest BCUT2D eigenvalue weighted by Crippen LogP contribution is 2.33. The van der Waals surface area contributed by atoms with E-state index in [2.05, 4.69) is 35.8 Å². The number of amides is 1. The van der Waals surface area contributed by atoms with Crippen LogP contribution in [0, 0.1) is 17.2 Å². The summed E-state index contributed by atoms with van der Waals surface area (Å²) in [7, 11) is 0. The van der Waals surface area contributed by atoms with Crippen molar-refractivity contribution < 1.29 is 4.79 Å². The second kappa shape index (κ2) is 6.10. The molecule has 0 bridgehead atoms. The van der Waals surface area contributed by atoms with E-state index < -0.39 is 0 Å². The Kier molecular flexibility index (Phi) is 4.17. The van der Waals surface area contributed by atoms with Crippen molar-refractivity contribution in [2.45, 2.75) is 45.3 Å². The highest BCUT2D eigenvalue weighted by molar-refractivity contribution is 5.80. The molecule has 2 aliphatic heterocycles. The fourth-order valence-electron chi connectivity index (χ4n) is 3.81. The maximum atomic E-state index is 12.3. The topological polar surface area (TPSA) is 47.3 Å². The molecule has 22 heavy (non-hydrogen) atoms. The Labute approximate surface area is 132 Å². The Balaban J connectivity index is 1.70. The number of nitriles is 1. The van der Waals surface area contributed by atoms with Crippen LogP contribution in [0.5, 0.6) is 0 Å². The number of benzene rings is 1. The smallest absolute Gasteiger partial charge is 0.224 e. The van der Waals surface area contributed by atoms with Crippen molar-refractivity contribution in [3.8, 4) is 6.07 Å². The molecule has 4 nitrogen and oxygen atoms in total. The number of rotatable bonds is 4. The SMILES string of the molecule is CC(C)CN1C(=O)C[C@@H]2[C@@H]1CCN2Cc1cccc(C#N)c1. The van der Waals surface area contributed by atoms with Crippen molar-refractivity contribution in [2.24, 2.45) is 5.92 Å². The molecule has 1 aromatic rings. The van der Waals surface area contributed by atoms with Crippen LogP contribution in [0.15, 0.2) is 24.3 Å². The summed E-state index contributed by atoms with van der Waals surface area (Å²) in [6, 6.07) is 10.7. The van der Waals surface area contributed by atoms with Crippen LogP contribution < -0.4 is 0 Å². The van der Waals surface area contributed by atoms with Gasteiger partial charge in [0, 0.05) is 38.1 Å². The number of carbonyl (C=O) groups is 1. The van der Waals surface area contributed by atoms with E-state index in [4.69, 9.17) is 5.26 Å². The summed E-state index contributed by atoms with van der Waals surface area (Å²) in [6.45, 7) is 7.08. The molecule has 2 atom stereocenters. The monoisotopic (exact) mass is 297 g/mol. The minimum atomic E-state index is 0.305. The predicted molar refractivity (Wildman–Crippen MR) is 84.9 cm³/mol. The van der Waals surface area contributed by atoms with E-state index in [9.17, 15) is 4.79 Å². The van der Waals surface area contributed by atoms with Gasteiger partial charge in [0.25, 0.3) is 0 Å². The molecule has 116 valence electrons. The third kappa shape index (κ3) is 2.86. The average molecular weight is 297 g/mol. The molecule has 3 rings (SSSR count). The van der Waals surface area contributed by atoms with Crippen LogP contribution >= 0.6 is 0 Å². The molecule has 0 spiro atoms. The number of hydrogen-bond acceptors (Lipinski definition) is 3. The summed E-state index contributed by atoms with van der Waals surface area (Å²) < 4.78 is 0. The number of likely N-dealkylation sites (tertiary alicyclic amines) is 2. The predicted octanol–water partition coefficient (Wildman–Crippen LogP) is 2.39. The number of fused-ring (bicyclic) bond motifs is 1. The molecule has 0 aromatic heterocycles. The molecule has 1 amide bonds. The van der Waals surface area contributed by atoms with Gasteiger partial charge in [0.2, 0.25) is 5.91 Å². The minimum Gasteiger partial charge on any atom is -0.338 e. The quantitative estimate of drug-likeness (QED) is 0.857. The van der Waals surface area contributed by atoms with Gasteiger partial charge in [-0.1, -0.05) is 26.0 Å². The van der Waals surface area contributed by atoms with Crippen LogP contribution in [0.25, 0.3) is 0 Å². The maximum absolute atomic E-state index is 12.3. The van der Waals surface area contributed by atoms with E-state index in [1.54, 1.807) is 0 Å². The standard InChI is InChI=1S/C18H23N3O/c1-13(2)11-21-16-6-7-20(17(16)9-18(21)22)12-15-5-3-4-14(8-15)10-19/h3-5,8,13,16-17H,6-7,9,11-12H2,1-2H3/t16-,17+/m0/s1. The third-order valence-electron chi connectivity index (χ3n) is 4.73. The van der Waals surface area contributed by atoms with E-state index in [1.807, 2.05) is 18.2 Å². The Morgan fingerprint density at radius 1 is 1.36 bits per heavy atom. The fraction of sp³-hybridized carbons (Fsp3) is 0.556. The molecule has 2 saturated heterocycles. The van der Waals surface area contributed by atoms with Gasteiger partial charge in [-0.2, -0.15) is 5.26 Å². The molecule has 1 aromatic carbocycles. The van der Waals surface area contributed by atoms with Crippen molar-refractivity contribution in [2.75, 3.05) is 13.1 Å². The highest BCUT2D eigenvalue weighted by atomic mass is 16.2. The zero-order valence-electron chi connectivity index (χ0n) is 13.3. The molecular weight excluding hydrogens is 274 g/mol. The summed E-state index contributed by atoms with van der Waals surface area (Å²) >= 11 is 0. The van der Waals surface area contributed by atoms with Crippen molar-refractivity contribution in [3.05, 3.63) is 35.4 Å². The zero-order chi connectivity index (χ0) is 15.7. The molecular formula is C18H23N3O. The van der Waals surface area contributed by atoms with Crippen LogP contribution in [-0.4, -0.2) is 40.9 Å². The molecule has 2 fully saturated rings. The summed E-state index contributed by atoms with van der Waals surface area (Å²) in [4.78, 5) is 16.8. The van der Waals surface area contributed by atoms with Crippen molar-refractivity contribution >= 4 is 5.91 Å². The van der Waals surface area contributed by atoms with Crippen molar-refractivity contribution in [3.63, 3.8) is 0 Å². The Hall–Kier alpha value is -1.86. The van der Waals surface area contributed by atoms with Gasteiger partial charge in [0.15, 0.2) is 0 Å². The largest absolute Gasteiger partial charge is 0.338 e. The fourth-order valence-corrected chi connectivity index (χ4v) is 3.81. The van der Waals surface area contributed by atoms with Gasteiger partial charge < -0.3 is 4.90 Å². The first kappa shape index (κ1) is 15.1. The summed E-state index contributed by atoms with van der Waals surface area (Å²) in [5, 5.41) is 9.01. The maximum Gasteiger partial charge on any atom is 0.224 e. The van der Waals surface area contributed by atoms with Gasteiger partial charge in [-0.25, -0.2) is 0 Å². The summed E-state index contributed by atoms with van der Waals surface area (Å²) in [5.74, 6) is 0.822. The van der Waals surface area contributed by atoms with E-state index in [1.165, 1.54) is 0 Å². The minimum absolute atomic E-state index is 0.305. The molecule has 0 aliphatic carbocycles. The molecule has 0 saturated carbocycles. The van der Waals surface area contributed by atoms with Gasteiger partial charge >= 0.3 is 0 Å². The second-order valence-electron chi connectivity index (χ2n) is 6.85. The zero-order valence-corrected chi connectivity index (χ0v) is 13.3. The van der Waals surface area contributed by atoms with E-state index in [0.717, 1.165) is 31.6 Å². The Morgan fingerprint density at radius 2 is 2.18 bits per heavy atom. The Bertz CT molecular complexity index is 605. The number of carbonyl (C=O) groups excluding carboxylic acids is 1. The summed E-state index contributed by atoms with van der Waals surface area (Å²) in [5.41, 5.74) is 1.87. The van der Waals surface area contributed by atoms with Crippen molar-refractivity contribution in [1.29, 1.82) is 5.26 Å². The Morgan fingerprint density at radius 3 is 2.91 bits per heavy atom. The van der Waals surface area contributed by atoms with Gasteiger partial charge in [-0.05, 0) is 30.0 Å². The van der Waals surface area contributed by atoms with Crippen LogP contribution in [-0.2, 0) is 11.3 Å². The lowest BCUT2D eigenvalue weighted by molar-refractivity contribution is -0.129. The number of nitrogens with zero attached hydrogens (tertiary/aromatic N) is 3. The molecule has 0 N–H and O–H groups in total.